The van der Waals surface area contributed by atoms with Gasteiger partial charge in [0.2, 0.25) is 0 Å². The second-order valence-electron chi connectivity index (χ2n) is 7.53. The summed E-state index contributed by atoms with van der Waals surface area (Å²) in [6.07, 6.45) is 17.2. The average Bonchev–Trinajstić information content (AvgIpc) is 2.50. The van der Waals surface area contributed by atoms with E-state index in [9.17, 15) is 4.79 Å². The van der Waals surface area contributed by atoms with Gasteiger partial charge in [0.15, 0.2) is 0 Å². The first kappa shape index (κ1) is 22.2. The van der Waals surface area contributed by atoms with E-state index in [1.54, 1.807) is 6.92 Å². The quantitative estimate of drug-likeness (QED) is 0.257. The monoisotopic (exact) mass is 324 g/mol. The van der Waals surface area contributed by atoms with Crippen LogP contribution in [0.15, 0.2) is 11.1 Å². The fourth-order valence-electron chi connectivity index (χ4n) is 2.90. The van der Waals surface area contributed by atoms with Crippen molar-refractivity contribution in [2.24, 2.45) is 5.92 Å². The first-order valence-electron chi connectivity index (χ1n) is 9.84. The van der Waals surface area contributed by atoms with Crippen molar-refractivity contribution in [2.75, 3.05) is 0 Å². The lowest BCUT2D eigenvalue weighted by Gasteiger charge is -2.05. The number of aliphatic carboxylic acids is 1. The van der Waals surface area contributed by atoms with E-state index < -0.39 is 5.97 Å². The fourth-order valence-corrected chi connectivity index (χ4v) is 2.90. The van der Waals surface area contributed by atoms with Crippen LogP contribution in [-0.2, 0) is 4.79 Å². The highest BCUT2D eigenvalue weighted by Gasteiger charge is 2.04. The van der Waals surface area contributed by atoms with Crippen molar-refractivity contribution < 1.29 is 9.90 Å². The van der Waals surface area contributed by atoms with Gasteiger partial charge in [-0.2, -0.15) is 0 Å². The van der Waals surface area contributed by atoms with Crippen molar-refractivity contribution in [1.82, 2.24) is 0 Å². The predicted molar refractivity (Wildman–Crippen MR) is 101 cm³/mol. The Hall–Kier alpha value is -0.790. The van der Waals surface area contributed by atoms with Gasteiger partial charge >= 0.3 is 5.97 Å². The van der Waals surface area contributed by atoms with Crippen LogP contribution in [0.25, 0.3) is 0 Å². The average molecular weight is 325 g/mol. The Morgan fingerprint density at radius 1 is 0.739 bits per heavy atom. The van der Waals surface area contributed by atoms with E-state index in [-0.39, 0.29) is 0 Å². The summed E-state index contributed by atoms with van der Waals surface area (Å²) in [6, 6.07) is 0. The number of allylic oxidation sites excluding steroid dienone is 1. The summed E-state index contributed by atoms with van der Waals surface area (Å²) in [5.41, 5.74) is 1.56. The zero-order valence-corrected chi connectivity index (χ0v) is 16.1. The van der Waals surface area contributed by atoms with Crippen molar-refractivity contribution in [3.8, 4) is 0 Å². The van der Waals surface area contributed by atoms with Crippen LogP contribution in [0.1, 0.15) is 111 Å². The SMILES string of the molecule is CC(CCCCCCCCCCCCCC(C)C)=C(C)C(=O)O. The first-order chi connectivity index (χ1) is 10.9. The van der Waals surface area contributed by atoms with E-state index in [1.165, 1.54) is 70.6 Å². The highest BCUT2D eigenvalue weighted by atomic mass is 16.4. The number of carbonyl (C=O) groups is 1. The minimum absolute atomic E-state index is 0.526. The molecule has 0 aliphatic heterocycles. The molecule has 0 rings (SSSR count). The zero-order chi connectivity index (χ0) is 17.5. The molecular weight excluding hydrogens is 284 g/mol. The summed E-state index contributed by atoms with van der Waals surface area (Å²) in [4.78, 5) is 10.8. The van der Waals surface area contributed by atoms with Crippen LogP contribution in [0.3, 0.4) is 0 Å². The Bertz CT molecular complexity index is 329. The van der Waals surface area contributed by atoms with Gasteiger partial charge in [0.1, 0.15) is 0 Å². The summed E-state index contributed by atoms with van der Waals surface area (Å²) >= 11 is 0. The van der Waals surface area contributed by atoms with Gasteiger partial charge in [0, 0.05) is 5.57 Å². The molecule has 0 spiro atoms. The standard InChI is InChI=1S/C21H40O2/c1-18(2)16-14-12-10-8-6-5-7-9-11-13-15-17-19(3)20(4)21(22)23/h18H,5-17H2,1-4H3,(H,22,23). The molecule has 1 N–H and O–H groups in total. The third-order valence-corrected chi connectivity index (χ3v) is 4.79. The van der Waals surface area contributed by atoms with Gasteiger partial charge in [-0.3, -0.25) is 0 Å². The lowest BCUT2D eigenvalue weighted by molar-refractivity contribution is -0.132. The van der Waals surface area contributed by atoms with Crippen molar-refractivity contribution in [2.45, 2.75) is 111 Å². The third-order valence-electron chi connectivity index (χ3n) is 4.79. The van der Waals surface area contributed by atoms with Crippen LogP contribution in [0, 0.1) is 5.92 Å². The molecule has 0 radical (unpaired) electrons. The number of hydrogen-bond donors (Lipinski definition) is 1. The van der Waals surface area contributed by atoms with Crippen molar-refractivity contribution >= 4 is 5.97 Å². The second kappa shape index (κ2) is 14.8. The number of hydrogen-bond acceptors (Lipinski definition) is 1. The molecule has 2 nitrogen and oxygen atoms in total. The Morgan fingerprint density at radius 3 is 1.52 bits per heavy atom. The maximum absolute atomic E-state index is 10.8. The molecule has 0 fully saturated rings. The zero-order valence-electron chi connectivity index (χ0n) is 16.1. The van der Waals surface area contributed by atoms with Gasteiger partial charge < -0.3 is 5.11 Å². The summed E-state index contributed by atoms with van der Waals surface area (Å²) in [6.45, 7) is 8.28. The number of unbranched alkanes of at least 4 members (excludes halogenated alkanes) is 10. The Labute approximate surface area is 144 Å². The molecule has 0 aromatic carbocycles. The highest BCUT2D eigenvalue weighted by molar-refractivity contribution is 5.86. The Balaban J connectivity index is 3.28. The second-order valence-corrected chi connectivity index (χ2v) is 7.53. The molecule has 0 saturated heterocycles. The third kappa shape index (κ3) is 14.5. The summed E-state index contributed by atoms with van der Waals surface area (Å²) < 4.78 is 0. The van der Waals surface area contributed by atoms with E-state index in [0.29, 0.717) is 5.57 Å². The summed E-state index contributed by atoms with van der Waals surface area (Å²) in [7, 11) is 0. The Morgan fingerprint density at radius 2 is 1.13 bits per heavy atom. The molecule has 0 aliphatic rings. The van der Waals surface area contributed by atoms with Gasteiger partial charge in [-0.25, -0.2) is 4.79 Å². The molecule has 0 unspecified atom stereocenters. The normalized spacial score (nSPS) is 12.6. The van der Waals surface area contributed by atoms with Gasteiger partial charge in [0.05, 0.1) is 0 Å². The summed E-state index contributed by atoms with van der Waals surface area (Å²) in [5.74, 6) is 0.0917. The molecule has 0 saturated carbocycles. The van der Waals surface area contributed by atoms with Crippen molar-refractivity contribution in [3.63, 3.8) is 0 Å². The molecule has 0 aromatic rings. The molecular formula is C21H40O2. The molecule has 0 atom stereocenters. The van der Waals surface area contributed by atoms with Crippen LogP contribution < -0.4 is 0 Å². The van der Waals surface area contributed by atoms with Gasteiger partial charge in [0.25, 0.3) is 0 Å². The van der Waals surface area contributed by atoms with Crippen LogP contribution in [0.4, 0.5) is 0 Å². The van der Waals surface area contributed by atoms with Crippen molar-refractivity contribution in [1.29, 1.82) is 0 Å². The van der Waals surface area contributed by atoms with Gasteiger partial charge in [-0.1, -0.05) is 90.0 Å². The summed E-state index contributed by atoms with van der Waals surface area (Å²) in [5, 5.41) is 8.91. The highest BCUT2D eigenvalue weighted by Crippen LogP contribution is 2.16. The maximum Gasteiger partial charge on any atom is 0.331 e. The van der Waals surface area contributed by atoms with Crippen LogP contribution in [-0.4, -0.2) is 11.1 Å². The molecule has 23 heavy (non-hydrogen) atoms. The molecule has 0 amide bonds. The number of carboxylic acids is 1. The number of carboxylic acid groups (broad SMARTS) is 1. The van der Waals surface area contributed by atoms with Crippen LogP contribution in [0.2, 0.25) is 0 Å². The molecule has 0 aromatic heterocycles. The maximum atomic E-state index is 10.8. The van der Waals surface area contributed by atoms with E-state index in [2.05, 4.69) is 13.8 Å². The fraction of sp³-hybridized carbons (Fsp3) is 0.857. The van der Waals surface area contributed by atoms with E-state index in [4.69, 9.17) is 5.11 Å². The predicted octanol–water partition coefficient (Wildman–Crippen LogP) is 7.13. The topological polar surface area (TPSA) is 37.3 Å². The molecule has 0 aliphatic carbocycles. The van der Waals surface area contributed by atoms with E-state index >= 15 is 0 Å². The number of rotatable bonds is 15. The Kier molecular flexibility index (Phi) is 14.3. The largest absolute Gasteiger partial charge is 0.478 e. The van der Waals surface area contributed by atoms with Crippen LogP contribution in [0.5, 0.6) is 0 Å². The van der Waals surface area contributed by atoms with E-state index in [1.807, 2.05) is 6.92 Å². The van der Waals surface area contributed by atoms with Gasteiger partial charge in [-0.05, 0) is 32.6 Å². The molecule has 0 bridgehead atoms. The minimum Gasteiger partial charge on any atom is -0.478 e. The molecule has 0 heterocycles. The van der Waals surface area contributed by atoms with Crippen LogP contribution >= 0.6 is 0 Å². The van der Waals surface area contributed by atoms with Crippen molar-refractivity contribution in [3.05, 3.63) is 11.1 Å². The molecule has 2 heteroatoms. The molecule has 136 valence electrons. The smallest absolute Gasteiger partial charge is 0.331 e. The lowest BCUT2D eigenvalue weighted by Crippen LogP contribution is -1.99. The lowest BCUT2D eigenvalue weighted by atomic mass is 10.0. The first-order valence-corrected chi connectivity index (χ1v) is 9.84. The van der Waals surface area contributed by atoms with E-state index in [0.717, 1.165) is 24.3 Å². The van der Waals surface area contributed by atoms with Gasteiger partial charge in [-0.15, -0.1) is 0 Å². The minimum atomic E-state index is -0.772.